The molecule has 1 unspecified atom stereocenters. The molecule has 1 fully saturated rings. The fourth-order valence-corrected chi connectivity index (χ4v) is 3.93. The molecule has 19 heavy (non-hydrogen) atoms. The Labute approximate surface area is 119 Å². The largest absolute Gasteiger partial charge is 0.597 e. The Bertz CT molecular complexity index is 430. The average molecular weight is 281 g/mol. The standard InChI is InChI=1S/C15H23NO2S/c1-15(2,3)19(17)16-10-6-9-14(16)12-7-5-8-13(11-12)18-4/h5,7-8,11,14H,6,9-10H2,1-4H3/t14?,19-/m0/s1. The molecule has 0 aromatic heterocycles. The molecule has 2 atom stereocenters. The summed E-state index contributed by atoms with van der Waals surface area (Å²) in [7, 11) is 1.68. The highest BCUT2D eigenvalue weighted by atomic mass is 32.2. The van der Waals surface area contributed by atoms with E-state index in [0.717, 1.165) is 25.1 Å². The van der Waals surface area contributed by atoms with E-state index in [4.69, 9.17) is 4.74 Å². The zero-order chi connectivity index (χ0) is 14.0. The Kier molecular flexibility index (Phi) is 4.43. The van der Waals surface area contributed by atoms with Crippen LogP contribution in [0.3, 0.4) is 0 Å². The lowest BCUT2D eigenvalue weighted by molar-refractivity contribution is 0.377. The van der Waals surface area contributed by atoms with Crippen LogP contribution in [0.25, 0.3) is 0 Å². The summed E-state index contributed by atoms with van der Waals surface area (Å²) < 4.78 is 19.8. The van der Waals surface area contributed by atoms with E-state index in [1.807, 2.05) is 32.9 Å². The summed E-state index contributed by atoms with van der Waals surface area (Å²) in [6, 6.07) is 8.36. The third kappa shape index (κ3) is 3.25. The van der Waals surface area contributed by atoms with Crippen molar-refractivity contribution >= 4 is 11.4 Å². The molecule has 0 amide bonds. The van der Waals surface area contributed by atoms with Crippen LogP contribution in [0, 0.1) is 0 Å². The summed E-state index contributed by atoms with van der Waals surface area (Å²) in [5, 5.41) is 0. The van der Waals surface area contributed by atoms with Gasteiger partial charge in [0.15, 0.2) is 0 Å². The predicted octanol–water partition coefficient (Wildman–Crippen LogP) is 3.29. The normalized spacial score (nSPS) is 22.5. The Morgan fingerprint density at radius 2 is 2.11 bits per heavy atom. The van der Waals surface area contributed by atoms with Crippen LogP contribution in [0.5, 0.6) is 5.75 Å². The summed E-state index contributed by atoms with van der Waals surface area (Å²) in [5.74, 6) is 0.867. The van der Waals surface area contributed by atoms with Gasteiger partial charge >= 0.3 is 0 Å². The van der Waals surface area contributed by atoms with Crippen LogP contribution in [-0.4, -0.2) is 27.3 Å². The maximum absolute atomic E-state index is 12.6. The van der Waals surface area contributed by atoms with Gasteiger partial charge in [0.25, 0.3) is 0 Å². The van der Waals surface area contributed by atoms with Gasteiger partial charge in [0.2, 0.25) is 0 Å². The molecule has 0 spiro atoms. The van der Waals surface area contributed by atoms with Gasteiger partial charge in [0.1, 0.15) is 10.5 Å². The molecule has 1 aromatic carbocycles. The van der Waals surface area contributed by atoms with Gasteiger partial charge < -0.3 is 9.29 Å². The second-order valence-electron chi connectivity index (χ2n) is 5.94. The lowest BCUT2D eigenvalue weighted by Crippen LogP contribution is -2.42. The molecule has 0 aliphatic carbocycles. The molecule has 1 aliphatic rings. The summed E-state index contributed by atoms with van der Waals surface area (Å²) in [6.07, 6.45) is 2.17. The van der Waals surface area contributed by atoms with E-state index in [1.165, 1.54) is 5.56 Å². The van der Waals surface area contributed by atoms with Gasteiger partial charge in [-0.15, -0.1) is 4.31 Å². The zero-order valence-corrected chi connectivity index (χ0v) is 13.0. The average Bonchev–Trinajstić information content (AvgIpc) is 2.85. The van der Waals surface area contributed by atoms with Crippen molar-refractivity contribution in [2.45, 2.75) is 44.4 Å². The van der Waals surface area contributed by atoms with Crippen LogP contribution >= 0.6 is 0 Å². The number of rotatable bonds is 3. The number of methoxy groups -OCH3 is 1. The van der Waals surface area contributed by atoms with Gasteiger partial charge in [-0.3, -0.25) is 0 Å². The first kappa shape index (κ1) is 14.7. The number of nitrogens with zero attached hydrogens (tertiary/aromatic N) is 1. The first-order valence-corrected chi connectivity index (χ1v) is 7.87. The number of hydrogen-bond acceptors (Lipinski definition) is 3. The first-order chi connectivity index (χ1) is 8.93. The van der Waals surface area contributed by atoms with Crippen LogP contribution in [0.2, 0.25) is 0 Å². The van der Waals surface area contributed by atoms with E-state index in [1.54, 1.807) is 7.11 Å². The van der Waals surface area contributed by atoms with Crippen molar-refractivity contribution in [3.05, 3.63) is 29.8 Å². The SMILES string of the molecule is COc1cccc(C2CCCN2[S@@+]([O-])C(C)(C)C)c1. The van der Waals surface area contributed by atoms with E-state index >= 15 is 0 Å². The second kappa shape index (κ2) is 5.73. The molecule has 0 bridgehead atoms. The van der Waals surface area contributed by atoms with Crippen molar-refractivity contribution in [2.24, 2.45) is 0 Å². The highest BCUT2D eigenvalue weighted by Gasteiger charge is 2.41. The van der Waals surface area contributed by atoms with Gasteiger partial charge in [0, 0.05) is 17.9 Å². The summed E-state index contributed by atoms with van der Waals surface area (Å²) >= 11 is -0.959. The molecule has 0 saturated carbocycles. The quantitative estimate of drug-likeness (QED) is 0.798. The number of hydrogen-bond donors (Lipinski definition) is 0. The van der Waals surface area contributed by atoms with Crippen LogP contribution in [0.1, 0.15) is 45.2 Å². The third-order valence-corrected chi connectivity index (χ3v) is 5.33. The van der Waals surface area contributed by atoms with Crippen molar-refractivity contribution in [2.75, 3.05) is 13.7 Å². The highest BCUT2D eigenvalue weighted by molar-refractivity contribution is 7.90. The monoisotopic (exact) mass is 281 g/mol. The molecule has 1 heterocycles. The molecule has 2 rings (SSSR count). The fourth-order valence-electron chi connectivity index (χ4n) is 2.47. The zero-order valence-electron chi connectivity index (χ0n) is 12.2. The highest BCUT2D eigenvalue weighted by Crippen LogP contribution is 2.38. The van der Waals surface area contributed by atoms with Crippen LogP contribution in [0.15, 0.2) is 24.3 Å². The van der Waals surface area contributed by atoms with Gasteiger partial charge in [-0.1, -0.05) is 12.1 Å². The first-order valence-electron chi connectivity index (χ1n) is 6.76. The van der Waals surface area contributed by atoms with E-state index in [-0.39, 0.29) is 10.8 Å². The summed E-state index contributed by atoms with van der Waals surface area (Å²) in [4.78, 5) is 0. The molecular weight excluding hydrogens is 258 g/mol. The molecule has 1 aromatic rings. The molecular formula is C15H23NO2S. The fraction of sp³-hybridized carbons (Fsp3) is 0.600. The van der Waals surface area contributed by atoms with Gasteiger partial charge in [-0.25, -0.2) is 0 Å². The lowest BCUT2D eigenvalue weighted by atomic mass is 10.1. The van der Waals surface area contributed by atoms with Gasteiger partial charge in [0.05, 0.1) is 13.2 Å². The van der Waals surface area contributed by atoms with Crippen LogP contribution < -0.4 is 4.74 Å². The van der Waals surface area contributed by atoms with Crippen molar-refractivity contribution in [1.29, 1.82) is 0 Å². The molecule has 0 N–H and O–H groups in total. The molecule has 3 nitrogen and oxygen atoms in total. The Morgan fingerprint density at radius 1 is 1.37 bits per heavy atom. The number of benzene rings is 1. The van der Waals surface area contributed by atoms with E-state index < -0.39 is 11.4 Å². The minimum Gasteiger partial charge on any atom is -0.597 e. The smallest absolute Gasteiger partial charge is 0.137 e. The Balaban J connectivity index is 2.23. The summed E-state index contributed by atoms with van der Waals surface area (Å²) in [5.41, 5.74) is 1.20. The molecule has 1 aliphatic heterocycles. The van der Waals surface area contributed by atoms with Crippen LogP contribution in [-0.2, 0) is 11.4 Å². The number of ether oxygens (including phenoxy) is 1. The maximum Gasteiger partial charge on any atom is 0.137 e. The van der Waals surface area contributed by atoms with E-state index in [0.29, 0.717) is 0 Å². The van der Waals surface area contributed by atoms with E-state index in [9.17, 15) is 4.55 Å². The predicted molar refractivity (Wildman–Crippen MR) is 79.6 cm³/mol. The summed E-state index contributed by atoms with van der Waals surface area (Å²) in [6.45, 7) is 7.00. The van der Waals surface area contributed by atoms with Crippen molar-refractivity contribution in [1.82, 2.24) is 4.31 Å². The minimum atomic E-state index is -0.959. The third-order valence-electron chi connectivity index (χ3n) is 3.42. The topological polar surface area (TPSA) is 35.5 Å². The molecule has 106 valence electrons. The Hall–Kier alpha value is -0.710. The molecule has 1 saturated heterocycles. The van der Waals surface area contributed by atoms with Crippen molar-refractivity contribution < 1.29 is 9.29 Å². The minimum absolute atomic E-state index is 0.207. The van der Waals surface area contributed by atoms with Crippen molar-refractivity contribution in [3.8, 4) is 5.75 Å². The van der Waals surface area contributed by atoms with Crippen molar-refractivity contribution in [3.63, 3.8) is 0 Å². The van der Waals surface area contributed by atoms with Crippen LogP contribution in [0.4, 0.5) is 0 Å². The Morgan fingerprint density at radius 3 is 2.74 bits per heavy atom. The second-order valence-corrected chi connectivity index (χ2v) is 8.13. The maximum atomic E-state index is 12.6. The van der Waals surface area contributed by atoms with Gasteiger partial charge in [-0.05, 0) is 51.3 Å². The molecule has 0 radical (unpaired) electrons. The molecule has 4 heteroatoms. The lowest BCUT2D eigenvalue weighted by Gasteiger charge is -2.33. The van der Waals surface area contributed by atoms with E-state index in [2.05, 4.69) is 16.4 Å². The van der Waals surface area contributed by atoms with Gasteiger partial charge in [-0.2, -0.15) is 0 Å².